The predicted octanol–water partition coefficient (Wildman–Crippen LogP) is 5.32. The number of hydrogen-bond acceptors (Lipinski definition) is 7. The molecule has 1 aliphatic carbocycles. The lowest BCUT2D eigenvalue weighted by molar-refractivity contribution is -0.140. The standard InChI is InChI=1S/C31H33N5O5/c1-19(29(37)38)36-28(33-34-35-36)27(17-20-13-15-21(16-14-20)41-31(2,3)4)32-30(39)40-18-26-24-11-7-5-9-22(24)23-10-6-8-12-25(23)26/h5-16,19,26-27H,17-18H2,1-4H3,(H,32,39)(H,37,38). The molecule has 10 nitrogen and oxygen atoms in total. The summed E-state index contributed by atoms with van der Waals surface area (Å²) in [6, 6.07) is 21.9. The monoisotopic (exact) mass is 555 g/mol. The molecule has 3 aromatic carbocycles. The third-order valence-electron chi connectivity index (χ3n) is 6.98. The van der Waals surface area contributed by atoms with Gasteiger partial charge in [-0.1, -0.05) is 60.7 Å². The van der Waals surface area contributed by atoms with Gasteiger partial charge in [-0.15, -0.1) is 5.10 Å². The molecule has 0 saturated heterocycles. The number of amides is 1. The molecule has 0 fully saturated rings. The van der Waals surface area contributed by atoms with Gasteiger partial charge in [-0.25, -0.2) is 14.3 Å². The van der Waals surface area contributed by atoms with Gasteiger partial charge >= 0.3 is 12.1 Å². The first-order chi connectivity index (χ1) is 19.6. The van der Waals surface area contributed by atoms with Gasteiger partial charge in [0, 0.05) is 12.3 Å². The number of ether oxygens (including phenoxy) is 2. The second kappa shape index (κ2) is 11.4. The molecule has 5 rings (SSSR count). The van der Waals surface area contributed by atoms with Gasteiger partial charge in [-0.05, 0) is 78.1 Å². The molecule has 1 aromatic heterocycles. The van der Waals surface area contributed by atoms with Gasteiger partial charge in [0.15, 0.2) is 11.9 Å². The first-order valence-electron chi connectivity index (χ1n) is 13.5. The van der Waals surface area contributed by atoms with Crippen molar-refractivity contribution < 1.29 is 24.2 Å². The Kier molecular flexibility index (Phi) is 7.74. The number of tetrazole rings is 1. The van der Waals surface area contributed by atoms with Crippen LogP contribution in [0.25, 0.3) is 11.1 Å². The van der Waals surface area contributed by atoms with Crippen molar-refractivity contribution in [3.8, 4) is 16.9 Å². The minimum absolute atomic E-state index is 0.0979. The lowest BCUT2D eigenvalue weighted by Crippen LogP contribution is -2.34. The molecule has 10 heteroatoms. The average Bonchev–Trinajstić information content (AvgIpc) is 3.55. The number of carbonyl (C=O) groups is 2. The number of carbonyl (C=O) groups excluding carboxylic acids is 1. The number of benzene rings is 3. The number of rotatable bonds is 9. The fourth-order valence-electron chi connectivity index (χ4n) is 5.08. The lowest BCUT2D eigenvalue weighted by Gasteiger charge is -2.22. The summed E-state index contributed by atoms with van der Waals surface area (Å²) in [7, 11) is 0. The minimum Gasteiger partial charge on any atom is -0.488 e. The number of carboxylic acids is 1. The SMILES string of the molecule is CC(C(=O)O)n1nnnc1C(Cc1ccc(OC(C)(C)C)cc1)NC(=O)OCC1c2ccccc2-c2ccccc21. The molecule has 0 saturated carbocycles. The van der Waals surface area contributed by atoms with Gasteiger partial charge in [-0.3, -0.25) is 0 Å². The Morgan fingerprint density at radius 3 is 2.17 bits per heavy atom. The van der Waals surface area contributed by atoms with Crippen molar-refractivity contribution in [2.75, 3.05) is 6.61 Å². The fourth-order valence-corrected chi connectivity index (χ4v) is 5.08. The summed E-state index contributed by atoms with van der Waals surface area (Å²) >= 11 is 0. The number of fused-ring (bicyclic) bond motifs is 3. The van der Waals surface area contributed by atoms with E-state index in [0.29, 0.717) is 12.2 Å². The van der Waals surface area contributed by atoms with E-state index >= 15 is 0 Å². The van der Waals surface area contributed by atoms with Crippen LogP contribution < -0.4 is 10.1 Å². The summed E-state index contributed by atoms with van der Waals surface area (Å²) in [5.41, 5.74) is 5.01. The maximum atomic E-state index is 13.2. The highest BCUT2D eigenvalue weighted by molar-refractivity contribution is 5.79. The van der Waals surface area contributed by atoms with Crippen molar-refractivity contribution in [2.45, 2.75) is 57.7 Å². The maximum absolute atomic E-state index is 13.2. The van der Waals surface area contributed by atoms with Crippen LogP contribution in [0, 0.1) is 0 Å². The molecule has 212 valence electrons. The third-order valence-corrected chi connectivity index (χ3v) is 6.98. The zero-order valence-electron chi connectivity index (χ0n) is 23.4. The molecular formula is C31H33N5O5. The van der Waals surface area contributed by atoms with Gasteiger partial charge in [0.2, 0.25) is 0 Å². The largest absolute Gasteiger partial charge is 0.488 e. The van der Waals surface area contributed by atoms with Gasteiger partial charge in [0.25, 0.3) is 0 Å². The summed E-state index contributed by atoms with van der Waals surface area (Å²) in [6.45, 7) is 7.53. The van der Waals surface area contributed by atoms with Crippen LogP contribution in [0.3, 0.4) is 0 Å². The molecule has 2 unspecified atom stereocenters. The van der Waals surface area contributed by atoms with E-state index in [0.717, 1.165) is 27.8 Å². The molecule has 1 aliphatic rings. The van der Waals surface area contributed by atoms with Gasteiger partial charge in [-0.2, -0.15) is 0 Å². The molecule has 41 heavy (non-hydrogen) atoms. The van der Waals surface area contributed by atoms with Crippen LogP contribution in [0.4, 0.5) is 4.79 Å². The first kappa shape index (κ1) is 27.8. The Bertz CT molecular complexity index is 1500. The van der Waals surface area contributed by atoms with Crippen molar-refractivity contribution in [2.24, 2.45) is 0 Å². The van der Waals surface area contributed by atoms with E-state index in [1.807, 2.05) is 69.3 Å². The molecule has 2 N–H and O–H groups in total. The summed E-state index contributed by atoms with van der Waals surface area (Å²) in [5.74, 6) is -0.267. The normalized spacial score (nSPS) is 14.0. The van der Waals surface area contributed by atoms with E-state index in [1.165, 1.54) is 11.6 Å². The molecule has 2 atom stereocenters. The zero-order valence-corrected chi connectivity index (χ0v) is 23.4. The number of nitrogens with one attached hydrogen (secondary N) is 1. The van der Waals surface area contributed by atoms with Gasteiger partial charge < -0.3 is 19.9 Å². The molecule has 4 aromatic rings. The molecule has 0 bridgehead atoms. The number of hydrogen-bond donors (Lipinski definition) is 2. The van der Waals surface area contributed by atoms with Crippen LogP contribution in [0.5, 0.6) is 5.75 Å². The molecule has 0 spiro atoms. The average molecular weight is 556 g/mol. The van der Waals surface area contributed by atoms with E-state index in [4.69, 9.17) is 9.47 Å². The van der Waals surface area contributed by atoms with Crippen LogP contribution in [0.2, 0.25) is 0 Å². The molecule has 0 radical (unpaired) electrons. The Balaban J connectivity index is 1.35. The molecule has 1 amide bonds. The van der Waals surface area contributed by atoms with Crippen molar-refractivity contribution >= 4 is 12.1 Å². The second-order valence-electron chi connectivity index (χ2n) is 11.1. The van der Waals surface area contributed by atoms with Crippen LogP contribution in [0.15, 0.2) is 72.8 Å². The van der Waals surface area contributed by atoms with Gasteiger partial charge in [0.05, 0.1) is 6.04 Å². The molecule has 1 heterocycles. The maximum Gasteiger partial charge on any atom is 0.407 e. The number of aromatic nitrogens is 4. The van der Waals surface area contributed by atoms with Crippen molar-refractivity contribution in [3.63, 3.8) is 0 Å². The summed E-state index contributed by atoms with van der Waals surface area (Å²) in [5, 5.41) is 24.1. The Hall–Kier alpha value is -4.73. The van der Waals surface area contributed by atoms with Crippen molar-refractivity contribution in [1.29, 1.82) is 0 Å². The van der Waals surface area contributed by atoms with Gasteiger partial charge in [0.1, 0.15) is 18.0 Å². The summed E-state index contributed by atoms with van der Waals surface area (Å²) < 4.78 is 12.9. The quantitative estimate of drug-likeness (QED) is 0.284. The van der Waals surface area contributed by atoms with Crippen molar-refractivity contribution in [3.05, 3.63) is 95.3 Å². The summed E-state index contributed by atoms with van der Waals surface area (Å²) in [4.78, 5) is 24.9. The van der Waals surface area contributed by atoms with E-state index in [-0.39, 0.29) is 24.0 Å². The number of aliphatic carboxylic acids is 1. The van der Waals surface area contributed by atoms with E-state index in [9.17, 15) is 14.7 Å². The first-order valence-corrected chi connectivity index (χ1v) is 13.5. The molecular weight excluding hydrogens is 522 g/mol. The lowest BCUT2D eigenvalue weighted by atomic mass is 9.98. The predicted molar refractivity (Wildman–Crippen MR) is 152 cm³/mol. The number of alkyl carbamates (subject to hydrolysis) is 1. The highest BCUT2D eigenvalue weighted by Crippen LogP contribution is 2.44. The smallest absolute Gasteiger partial charge is 0.407 e. The Labute approximate surface area is 238 Å². The highest BCUT2D eigenvalue weighted by Gasteiger charge is 2.31. The van der Waals surface area contributed by atoms with E-state index in [2.05, 4.69) is 45.1 Å². The van der Waals surface area contributed by atoms with Crippen LogP contribution >= 0.6 is 0 Å². The van der Waals surface area contributed by atoms with Crippen LogP contribution in [-0.2, 0) is 16.0 Å². The van der Waals surface area contributed by atoms with E-state index in [1.54, 1.807) is 0 Å². The van der Waals surface area contributed by atoms with Crippen LogP contribution in [0.1, 0.15) is 68.2 Å². The highest BCUT2D eigenvalue weighted by atomic mass is 16.5. The second-order valence-corrected chi connectivity index (χ2v) is 11.1. The number of nitrogens with zero attached hydrogens (tertiary/aromatic N) is 4. The molecule has 0 aliphatic heterocycles. The van der Waals surface area contributed by atoms with Crippen LogP contribution in [-0.4, -0.2) is 49.6 Å². The Morgan fingerprint density at radius 1 is 0.976 bits per heavy atom. The summed E-state index contributed by atoms with van der Waals surface area (Å²) in [6.07, 6.45) is -0.353. The minimum atomic E-state index is -1.10. The number of carboxylic acid groups (broad SMARTS) is 1. The third kappa shape index (κ3) is 6.21. The fraction of sp³-hybridized carbons (Fsp3) is 0.323. The Morgan fingerprint density at radius 2 is 1.59 bits per heavy atom. The topological polar surface area (TPSA) is 128 Å². The zero-order chi connectivity index (χ0) is 29.1. The van der Waals surface area contributed by atoms with E-state index < -0.39 is 24.1 Å². The van der Waals surface area contributed by atoms with Crippen molar-refractivity contribution in [1.82, 2.24) is 25.5 Å².